The number of hydrogen-bond acceptors (Lipinski definition) is 3. The van der Waals surface area contributed by atoms with Crippen molar-refractivity contribution in [2.24, 2.45) is 5.92 Å². The second kappa shape index (κ2) is 6.40. The van der Waals surface area contributed by atoms with Crippen LogP contribution in [-0.4, -0.2) is 31.3 Å². The summed E-state index contributed by atoms with van der Waals surface area (Å²) in [5.74, 6) is 0.417. The van der Waals surface area contributed by atoms with Crippen molar-refractivity contribution in [3.8, 4) is 0 Å². The predicted molar refractivity (Wildman–Crippen MR) is 80.5 cm³/mol. The van der Waals surface area contributed by atoms with Crippen molar-refractivity contribution in [1.29, 1.82) is 0 Å². The highest BCUT2D eigenvalue weighted by Gasteiger charge is 2.26. The molecule has 19 heavy (non-hydrogen) atoms. The Morgan fingerprint density at radius 3 is 2.53 bits per heavy atom. The number of aliphatic hydroxyl groups excluding tert-OH is 1. The van der Waals surface area contributed by atoms with E-state index in [2.05, 4.69) is 41.4 Å². The van der Waals surface area contributed by atoms with E-state index in [0.29, 0.717) is 12.0 Å². The van der Waals surface area contributed by atoms with Gasteiger partial charge in [-0.05, 0) is 44.5 Å². The highest BCUT2D eigenvalue weighted by Crippen LogP contribution is 2.27. The summed E-state index contributed by atoms with van der Waals surface area (Å²) in [6.07, 6.45) is 2.00. The van der Waals surface area contributed by atoms with Gasteiger partial charge in [-0.1, -0.05) is 19.1 Å². The Labute approximate surface area is 116 Å². The zero-order valence-corrected chi connectivity index (χ0v) is 12.3. The molecule has 3 unspecified atom stereocenters. The average molecular weight is 262 g/mol. The number of benzene rings is 1. The maximum atomic E-state index is 9.66. The average Bonchev–Trinajstić information content (AvgIpc) is 2.91. The molecule has 0 amide bonds. The molecule has 1 fully saturated rings. The molecule has 106 valence electrons. The molecule has 3 atom stereocenters. The number of nitrogens with zero attached hydrogens (tertiary/aromatic N) is 1. The van der Waals surface area contributed by atoms with Crippen molar-refractivity contribution in [2.45, 2.75) is 38.8 Å². The fourth-order valence-electron chi connectivity index (χ4n) is 2.94. The van der Waals surface area contributed by atoms with Gasteiger partial charge in [-0.2, -0.15) is 0 Å². The summed E-state index contributed by atoms with van der Waals surface area (Å²) in [6, 6.07) is 9.29. The SMILES string of the molecule is CCC(NC)c1ccc(N2CCC(C(C)O)C2)cc1. The number of hydrogen-bond donors (Lipinski definition) is 2. The van der Waals surface area contributed by atoms with E-state index in [1.165, 1.54) is 11.3 Å². The molecule has 1 heterocycles. The standard InChI is InChI=1S/C16H26N2O/c1-4-16(17-3)13-5-7-15(8-6-13)18-10-9-14(11-18)12(2)19/h5-8,12,14,16-17,19H,4,9-11H2,1-3H3. The van der Waals surface area contributed by atoms with Gasteiger partial charge >= 0.3 is 0 Å². The van der Waals surface area contributed by atoms with E-state index in [0.717, 1.165) is 25.9 Å². The third-order valence-electron chi connectivity index (χ3n) is 4.32. The Hall–Kier alpha value is -1.06. The molecule has 0 saturated carbocycles. The van der Waals surface area contributed by atoms with Crippen LogP contribution in [0.2, 0.25) is 0 Å². The third-order valence-corrected chi connectivity index (χ3v) is 4.32. The smallest absolute Gasteiger partial charge is 0.0557 e. The Bertz CT molecular complexity index is 384. The van der Waals surface area contributed by atoms with Crippen molar-refractivity contribution >= 4 is 5.69 Å². The van der Waals surface area contributed by atoms with Crippen molar-refractivity contribution in [1.82, 2.24) is 5.32 Å². The summed E-state index contributed by atoms with van der Waals surface area (Å²) in [4.78, 5) is 2.38. The lowest BCUT2D eigenvalue weighted by atomic mass is 10.0. The highest BCUT2D eigenvalue weighted by molar-refractivity contribution is 5.49. The molecule has 1 aliphatic rings. The summed E-state index contributed by atoms with van der Waals surface area (Å²) < 4.78 is 0. The maximum absolute atomic E-state index is 9.66. The molecule has 2 rings (SSSR count). The number of rotatable bonds is 5. The van der Waals surface area contributed by atoms with Gasteiger partial charge in [-0.3, -0.25) is 0 Å². The Kier molecular flexibility index (Phi) is 4.83. The minimum absolute atomic E-state index is 0.196. The van der Waals surface area contributed by atoms with Gasteiger partial charge in [0.25, 0.3) is 0 Å². The Morgan fingerprint density at radius 2 is 2.05 bits per heavy atom. The summed E-state index contributed by atoms with van der Waals surface area (Å²) in [7, 11) is 2.01. The van der Waals surface area contributed by atoms with Crippen molar-refractivity contribution < 1.29 is 5.11 Å². The molecular weight excluding hydrogens is 236 g/mol. The molecule has 0 spiro atoms. The van der Waals surface area contributed by atoms with Gasteiger partial charge in [0.2, 0.25) is 0 Å². The highest BCUT2D eigenvalue weighted by atomic mass is 16.3. The molecule has 3 nitrogen and oxygen atoms in total. The van der Waals surface area contributed by atoms with E-state index in [9.17, 15) is 5.11 Å². The third kappa shape index (κ3) is 3.28. The van der Waals surface area contributed by atoms with Crippen LogP contribution in [0.3, 0.4) is 0 Å². The molecule has 1 aromatic rings. The summed E-state index contributed by atoms with van der Waals surface area (Å²) >= 11 is 0. The quantitative estimate of drug-likeness (QED) is 0.856. The van der Waals surface area contributed by atoms with Gasteiger partial charge < -0.3 is 15.3 Å². The molecule has 3 heteroatoms. The molecule has 0 aliphatic carbocycles. The second-order valence-corrected chi connectivity index (χ2v) is 5.58. The fourth-order valence-corrected chi connectivity index (χ4v) is 2.94. The van der Waals surface area contributed by atoms with Gasteiger partial charge in [0.05, 0.1) is 6.10 Å². The molecule has 0 aromatic heterocycles. The van der Waals surface area contributed by atoms with E-state index in [1.54, 1.807) is 0 Å². The monoisotopic (exact) mass is 262 g/mol. The second-order valence-electron chi connectivity index (χ2n) is 5.58. The Morgan fingerprint density at radius 1 is 1.37 bits per heavy atom. The van der Waals surface area contributed by atoms with E-state index in [1.807, 2.05) is 14.0 Å². The lowest BCUT2D eigenvalue weighted by molar-refractivity contribution is 0.136. The van der Waals surface area contributed by atoms with Gasteiger partial charge in [-0.25, -0.2) is 0 Å². The Balaban J connectivity index is 2.03. The van der Waals surface area contributed by atoms with Crippen LogP contribution in [0, 0.1) is 5.92 Å². The first-order chi connectivity index (χ1) is 9.15. The first-order valence-corrected chi connectivity index (χ1v) is 7.36. The van der Waals surface area contributed by atoms with Gasteiger partial charge in [0.15, 0.2) is 0 Å². The maximum Gasteiger partial charge on any atom is 0.0557 e. The lowest BCUT2D eigenvalue weighted by Gasteiger charge is -2.21. The number of nitrogens with one attached hydrogen (secondary N) is 1. The summed E-state index contributed by atoms with van der Waals surface area (Å²) in [5, 5.41) is 13.0. The van der Waals surface area contributed by atoms with Crippen molar-refractivity contribution in [3.63, 3.8) is 0 Å². The zero-order chi connectivity index (χ0) is 13.8. The molecule has 0 radical (unpaired) electrons. The molecule has 1 aliphatic heterocycles. The van der Waals surface area contributed by atoms with Crippen LogP contribution in [0.15, 0.2) is 24.3 Å². The molecule has 2 N–H and O–H groups in total. The van der Waals surface area contributed by atoms with E-state index in [4.69, 9.17) is 0 Å². The van der Waals surface area contributed by atoms with Crippen LogP contribution in [0.1, 0.15) is 38.3 Å². The van der Waals surface area contributed by atoms with Crippen molar-refractivity contribution in [3.05, 3.63) is 29.8 Å². The molecule has 0 bridgehead atoms. The normalized spacial score (nSPS) is 22.5. The van der Waals surface area contributed by atoms with Crippen molar-refractivity contribution in [2.75, 3.05) is 25.0 Å². The van der Waals surface area contributed by atoms with Crippen LogP contribution in [0.4, 0.5) is 5.69 Å². The first-order valence-electron chi connectivity index (χ1n) is 7.36. The summed E-state index contributed by atoms with van der Waals surface area (Å²) in [5.41, 5.74) is 2.62. The van der Waals surface area contributed by atoms with Crippen LogP contribution in [0.5, 0.6) is 0 Å². The lowest BCUT2D eigenvalue weighted by Crippen LogP contribution is -2.24. The van der Waals surface area contributed by atoms with Crippen LogP contribution in [0.25, 0.3) is 0 Å². The molecule has 1 aromatic carbocycles. The van der Waals surface area contributed by atoms with E-state index < -0.39 is 0 Å². The van der Waals surface area contributed by atoms with E-state index >= 15 is 0 Å². The largest absolute Gasteiger partial charge is 0.393 e. The van der Waals surface area contributed by atoms with Gasteiger partial charge in [0, 0.05) is 30.7 Å². The molecular formula is C16H26N2O. The minimum atomic E-state index is -0.196. The summed E-state index contributed by atoms with van der Waals surface area (Å²) in [6.45, 7) is 6.12. The van der Waals surface area contributed by atoms with Crippen LogP contribution < -0.4 is 10.2 Å². The number of anilines is 1. The first kappa shape index (κ1) is 14.4. The molecule has 1 saturated heterocycles. The van der Waals surface area contributed by atoms with Gasteiger partial charge in [-0.15, -0.1) is 0 Å². The van der Waals surface area contributed by atoms with Crippen LogP contribution >= 0.6 is 0 Å². The minimum Gasteiger partial charge on any atom is -0.393 e. The topological polar surface area (TPSA) is 35.5 Å². The zero-order valence-electron chi connectivity index (χ0n) is 12.3. The number of aliphatic hydroxyl groups is 1. The predicted octanol–water partition coefficient (Wildman–Crippen LogP) is 2.56. The van der Waals surface area contributed by atoms with E-state index in [-0.39, 0.29) is 6.10 Å². The van der Waals surface area contributed by atoms with Crippen LogP contribution in [-0.2, 0) is 0 Å². The van der Waals surface area contributed by atoms with Gasteiger partial charge in [0.1, 0.15) is 0 Å². The fraction of sp³-hybridized carbons (Fsp3) is 0.625.